The Kier molecular flexibility index (Phi) is 4.79. The third-order valence-corrected chi connectivity index (χ3v) is 3.39. The number of hydrogen-bond acceptors (Lipinski definition) is 5. The van der Waals surface area contributed by atoms with E-state index in [1.165, 1.54) is 0 Å². The van der Waals surface area contributed by atoms with E-state index in [1.807, 2.05) is 19.9 Å². The van der Waals surface area contributed by atoms with Crippen LogP contribution < -0.4 is 10.6 Å². The molecular weight excluding hydrogens is 332 g/mol. The van der Waals surface area contributed by atoms with Gasteiger partial charge in [0.25, 0.3) is 0 Å². The number of benzene rings is 1. The molecule has 0 fully saturated rings. The molecule has 0 aliphatic rings. The summed E-state index contributed by atoms with van der Waals surface area (Å²) in [5.41, 5.74) is 0.815. The van der Waals surface area contributed by atoms with Crippen molar-refractivity contribution in [2.24, 2.45) is 0 Å². The smallest absolute Gasteiger partial charge is 0.320 e. The van der Waals surface area contributed by atoms with E-state index in [-0.39, 0.29) is 6.04 Å². The van der Waals surface area contributed by atoms with Crippen LogP contribution in [-0.2, 0) is 0 Å². The van der Waals surface area contributed by atoms with Gasteiger partial charge in [0.15, 0.2) is 0 Å². The molecule has 0 bridgehead atoms. The first-order chi connectivity index (χ1) is 9.10. The summed E-state index contributed by atoms with van der Waals surface area (Å²) in [5.74, 6) is 0.550. The molecule has 1 aromatic heterocycles. The number of nitrogens with zero attached hydrogens (tertiary/aromatic N) is 2. The predicted octanol–water partition coefficient (Wildman–Crippen LogP) is 3.90. The van der Waals surface area contributed by atoms with Crippen LogP contribution in [0.25, 0.3) is 0 Å². The number of aromatic nitrogens is 2. The molecule has 2 aromatic rings. The number of hydrogen-bond donors (Lipinski definition) is 2. The molecule has 1 atom stereocenters. The van der Waals surface area contributed by atoms with Crippen LogP contribution in [-0.4, -0.2) is 16.7 Å². The van der Waals surface area contributed by atoms with Crippen molar-refractivity contribution < 1.29 is 4.42 Å². The highest BCUT2D eigenvalue weighted by molar-refractivity contribution is 9.10. The largest absolute Gasteiger partial charge is 0.406 e. The summed E-state index contributed by atoms with van der Waals surface area (Å²) >= 11 is 9.30. The molecule has 2 N–H and O–H groups in total. The van der Waals surface area contributed by atoms with Gasteiger partial charge < -0.3 is 15.1 Å². The second-order valence-electron chi connectivity index (χ2n) is 3.97. The Hall–Kier alpha value is -1.11. The minimum absolute atomic E-state index is 0.0294. The molecule has 5 nitrogen and oxygen atoms in total. The van der Waals surface area contributed by atoms with Gasteiger partial charge >= 0.3 is 6.01 Å². The minimum Gasteiger partial charge on any atom is -0.406 e. The standard InChI is InChI=1S/C12H14BrClN4O/c1-3-15-7(2)11-17-18-12(19-11)16-10-5-4-8(14)6-9(10)13/h4-7,15H,3H2,1-2H3,(H,16,18). The Morgan fingerprint density at radius 2 is 2.21 bits per heavy atom. The maximum Gasteiger partial charge on any atom is 0.320 e. The van der Waals surface area contributed by atoms with Gasteiger partial charge in [-0.2, -0.15) is 0 Å². The van der Waals surface area contributed by atoms with Crippen molar-refractivity contribution in [2.45, 2.75) is 19.9 Å². The van der Waals surface area contributed by atoms with Gasteiger partial charge in [-0.3, -0.25) is 0 Å². The van der Waals surface area contributed by atoms with Crippen LogP contribution in [0.3, 0.4) is 0 Å². The van der Waals surface area contributed by atoms with Gasteiger partial charge in [0.05, 0.1) is 11.7 Å². The Labute approximate surface area is 124 Å². The lowest BCUT2D eigenvalue weighted by atomic mass is 10.3. The van der Waals surface area contributed by atoms with Crippen molar-refractivity contribution in [3.8, 4) is 0 Å². The van der Waals surface area contributed by atoms with Crippen LogP contribution >= 0.6 is 27.5 Å². The van der Waals surface area contributed by atoms with Crippen LogP contribution in [0.4, 0.5) is 11.7 Å². The van der Waals surface area contributed by atoms with E-state index in [4.69, 9.17) is 16.0 Å². The molecule has 1 unspecified atom stereocenters. The number of halogens is 2. The highest BCUT2D eigenvalue weighted by Gasteiger charge is 2.13. The van der Waals surface area contributed by atoms with Crippen molar-refractivity contribution in [1.29, 1.82) is 0 Å². The minimum atomic E-state index is 0.0294. The highest BCUT2D eigenvalue weighted by Crippen LogP contribution is 2.28. The molecule has 1 aromatic carbocycles. The fourth-order valence-corrected chi connectivity index (χ4v) is 2.34. The zero-order chi connectivity index (χ0) is 13.8. The summed E-state index contributed by atoms with van der Waals surface area (Å²) in [6.45, 7) is 4.84. The van der Waals surface area contributed by atoms with Crippen LogP contribution in [0.2, 0.25) is 5.02 Å². The fraction of sp³-hybridized carbons (Fsp3) is 0.333. The summed E-state index contributed by atoms with van der Waals surface area (Å²) in [6, 6.07) is 5.80. The van der Waals surface area contributed by atoms with E-state index in [0.29, 0.717) is 16.9 Å². The Bertz CT molecular complexity index is 560. The molecule has 102 valence electrons. The maximum absolute atomic E-state index is 5.88. The molecule has 0 spiro atoms. The number of nitrogens with one attached hydrogen (secondary N) is 2. The molecule has 1 heterocycles. The van der Waals surface area contributed by atoms with Gasteiger partial charge in [-0.25, -0.2) is 0 Å². The summed E-state index contributed by atoms with van der Waals surface area (Å²) in [7, 11) is 0. The predicted molar refractivity (Wildman–Crippen MR) is 78.8 cm³/mol. The van der Waals surface area contributed by atoms with Gasteiger partial charge in [0.1, 0.15) is 0 Å². The van der Waals surface area contributed by atoms with Crippen molar-refractivity contribution in [3.63, 3.8) is 0 Å². The third-order valence-electron chi connectivity index (χ3n) is 2.49. The second kappa shape index (κ2) is 6.36. The van der Waals surface area contributed by atoms with Crippen LogP contribution in [0.1, 0.15) is 25.8 Å². The summed E-state index contributed by atoms with van der Waals surface area (Å²) in [5, 5.41) is 14.9. The monoisotopic (exact) mass is 344 g/mol. The van der Waals surface area contributed by atoms with Crippen molar-refractivity contribution in [1.82, 2.24) is 15.5 Å². The van der Waals surface area contributed by atoms with E-state index in [2.05, 4.69) is 36.8 Å². The molecule has 19 heavy (non-hydrogen) atoms. The maximum atomic E-state index is 5.88. The van der Waals surface area contributed by atoms with Gasteiger partial charge in [-0.05, 0) is 47.6 Å². The van der Waals surface area contributed by atoms with Gasteiger partial charge in [0, 0.05) is 9.50 Å². The Balaban J connectivity index is 2.11. The lowest BCUT2D eigenvalue weighted by Crippen LogP contribution is -2.17. The summed E-state index contributed by atoms with van der Waals surface area (Å²) in [4.78, 5) is 0. The van der Waals surface area contributed by atoms with Crippen molar-refractivity contribution >= 4 is 39.2 Å². The zero-order valence-electron chi connectivity index (χ0n) is 10.6. The highest BCUT2D eigenvalue weighted by atomic mass is 79.9. The number of anilines is 2. The molecule has 0 saturated heterocycles. The molecule has 0 amide bonds. The zero-order valence-corrected chi connectivity index (χ0v) is 12.9. The molecule has 0 aliphatic carbocycles. The van der Waals surface area contributed by atoms with Crippen LogP contribution in [0.5, 0.6) is 0 Å². The number of rotatable bonds is 5. The van der Waals surface area contributed by atoms with E-state index in [1.54, 1.807) is 12.1 Å². The van der Waals surface area contributed by atoms with E-state index in [0.717, 1.165) is 16.7 Å². The van der Waals surface area contributed by atoms with Gasteiger partial charge in [0.2, 0.25) is 5.89 Å². The molecule has 2 rings (SSSR count). The molecule has 0 saturated carbocycles. The molecule has 7 heteroatoms. The third kappa shape index (κ3) is 3.68. The van der Waals surface area contributed by atoms with E-state index < -0.39 is 0 Å². The SMILES string of the molecule is CCNC(C)c1nnc(Nc2ccc(Cl)cc2Br)o1. The van der Waals surface area contributed by atoms with E-state index >= 15 is 0 Å². The molecular formula is C12H14BrClN4O. The average molecular weight is 346 g/mol. The summed E-state index contributed by atoms with van der Waals surface area (Å²) < 4.78 is 6.37. The first-order valence-electron chi connectivity index (χ1n) is 5.89. The first kappa shape index (κ1) is 14.3. The Morgan fingerprint density at radius 1 is 1.42 bits per heavy atom. The quantitative estimate of drug-likeness (QED) is 0.860. The summed E-state index contributed by atoms with van der Waals surface area (Å²) in [6.07, 6.45) is 0. The van der Waals surface area contributed by atoms with Crippen LogP contribution in [0, 0.1) is 0 Å². The Morgan fingerprint density at radius 3 is 2.89 bits per heavy atom. The van der Waals surface area contributed by atoms with Gasteiger partial charge in [-0.1, -0.05) is 23.6 Å². The topological polar surface area (TPSA) is 63.0 Å². The van der Waals surface area contributed by atoms with Crippen LogP contribution in [0.15, 0.2) is 27.1 Å². The average Bonchev–Trinajstić information content (AvgIpc) is 2.82. The van der Waals surface area contributed by atoms with Crippen molar-refractivity contribution in [3.05, 3.63) is 33.6 Å². The lowest BCUT2D eigenvalue weighted by Gasteiger charge is -2.06. The normalized spacial score (nSPS) is 12.4. The lowest BCUT2D eigenvalue weighted by molar-refractivity contribution is 0.430. The molecule has 0 radical (unpaired) electrons. The first-order valence-corrected chi connectivity index (χ1v) is 7.06. The van der Waals surface area contributed by atoms with Gasteiger partial charge in [-0.15, -0.1) is 5.10 Å². The van der Waals surface area contributed by atoms with Crippen molar-refractivity contribution in [2.75, 3.05) is 11.9 Å². The fourth-order valence-electron chi connectivity index (χ4n) is 1.56. The second-order valence-corrected chi connectivity index (χ2v) is 5.26. The van der Waals surface area contributed by atoms with E-state index in [9.17, 15) is 0 Å². The molecule has 0 aliphatic heterocycles.